The van der Waals surface area contributed by atoms with Crippen LogP contribution in [0.2, 0.25) is 0 Å². The number of ether oxygens (including phenoxy) is 9. The molecule has 3 unspecified atom stereocenters. The summed E-state index contributed by atoms with van der Waals surface area (Å²) in [6.45, 7) is 7.33. The maximum absolute atomic E-state index is 12.7. The molecule has 314 valence electrons. The summed E-state index contributed by atoms with van der Waals surface area (Å²) in [5.41, 5.74) is 10.3. The van der Waals surface area contributed by atoms with Crippen LogP contribution in [0.3, 0.4) is 0 Å². The number of nitrogen functional groups attached to an aromatic ring is 1. The van der Waals surface area contributed by atoms with Gasteiger partial charge in [-0.1, -0.05) is 11.8 Å². The van der Waals surface area contributed by atoms with E-state index in [9.17, 15) is 24.2 Å². The van der Waals surface area contributed by atoms with E-state index in [0.29, 0.717) is 119 Å². The lowest BCUT2D eigenvalue weighted by molar-refractivity contribution is -0.245. The number of hydrogen-bond acceptors (Lipinski definition) is 21. The largest absolute Gasteiger partial charge is 1.00 e. The summed E-state index contributed by atoms with van der Waals surface area (Å²) in [6.07, 6.45) is -4.25. The predicted octanol–water partition coefficient (Wildman–Crippen LogP) is -1.51. The zero-order valence-corrected chi connectivity index (χ0v) is 32.3. The molecule has 0 saturated carbocycles. The molecular weight excluding hydrogens is 775 g/mol. The number of carbonyl (C=O) groups excluding carboxylic acids is 1. The number of carbonyl (C=O) groups is 1. The van der Waals surface area contributed by atoms with Crippen LogP contribution in [0.15, 0.2) is 9.95 Å². The summed E-state index contributed by atoms with van der Waals surface area (Å²) in [5, 5.41) is 11.1. The number of phosphoric acid groups is 1. The van der Waals surface area contributed by atoms with Crippen LogP contribution < -0.4 is 21.9 Å². The first-order valence-corrected chi connectivity index (χ1v) is 20.4. The lowest BCUT2D eigenvalue weighted by Gasteiger charge is -2.34. The monoisotopic (exact) mass is 828 g/mol. The standard InChI is InChI=1S/C31H53N6O16PS/c32-3-5-44-7-9-46-11-13-48-15-17-50-19-18-49-16-14-47-12-10-45-8-6-43-4-1-2-22(38)21-55-31-34-24-27(35-30(33)36-28(24)40)37(31)29-25(39)26-23(52-29)20-51-54(41,42)53-26/h23,25-26,29,39H,1-21,32H2,(H,41,42)(H3,33,35,36,40)/t23?,25?,26-,29-/m1/s1. The fraction of sp³-hybridized carbons (Fsp3) is 0.806. The molecule has 2 aromatic heterocycles. The van der Waals surface area contributed by atoms with Crippen molar-refractivity contribution in [2.75, 3.05) is 130 Å². The van der Waals surface area contributed by atoms with E-state index in [1.165, 1.54) is 4.57 Å². The highest BCUT2D eigenvalue weighted by Crippen LogP contribution is 2.50. The van der Waals surface area contributed by atoms with E-state index in [0.717, 1.165) is 11.8 Å². The maximum Gasteiger partial charge on any atom is 1.00 e. The Balaban J connectivity index is 0.00000841. The molecule has 2 aliphatic heterocycles. The second-order valence-corrected chi connectivity index (χ2v) is 14.2. The minimum Gasteiger partial charge on any atom is -0.756 e. The first-order valence-electron chi connectivity index (χ1n) is 17.9. The number of rotatable bonds is 31. The SMILES string of the molecule is NCCOCCOCCOCCOCCOCCOCCOCCOCCCC(=O)CSc1nc2c(=O)[nH]c(N)nc2n1[C@@H]1OC2COP(=O)([O-])O[C@H]2C1O.[H+]. The number of aromatic nitrogens is 4. The molecule has 4 heterocycles. The van der Waals surface area contributed by atoms with Crippen LogP contribution >= 0.6 is 19.6 Å². The molecule has 2 fully saturated rings. The van der Waals surface area contributed by atoms with Crippen molar-refractivity contribution < 1.29 is 72.5 Å². The van der Waals surface area contributed by atoms with Crippen LogP contribution in [0.1, 0.15) is 20.5 Å². The first kappa shape index (κ1) is 45.5. The highest BCUT2D eigenvalue weighted by Gasteiger charge is 2.51. The maximum atomic E-state index is 12.7. The third-order valence-corrected chi connectivity index (χ3v) is 9.70. The Morgan fingerprint density at radius 3 is 1.93 bits per heavy atom. The number of phosphoric ester groups is 1. The van der Waals surface area contributed by atoms with Crippen molar-refractivity contribution in [1.82, 2.24) is 19.5 Å². The molecule has 0 amide bonds. The van der Waals surface area contributed by atoms with Crippen molar-refractivity contribution in [3.8, 4) is 0 Å². The summed E-state index contributed by atoms with van der Waals surface area (Å²) in [7, 11) is -4.63. The number of hydrogen-bond donors (Lipinski definition) is 4. The van der Waals surface area contributed by atoms with Crippen LogP contribution in [0, 0.1) is 0 Å². The number of Topliss-reactive ketones (excluding diaryl/α,β-unsaturated/α-hetero) is 1. The van der Waals surface area contributed by atoms with Crippen LogP contribution in [0.4, 0.5) is 5.95 Å². The van der Waals surface area contributed by atoms with E-state index in [1.807, 2.05) is 0 Å². The number of nitrogens with one attached hydrogen (secondary N) is 1. The van der Waals surface area contributed by atoms with Gasteiger partial charge in [0.25, 0.3) is 13.4 Å². The highest BCUT2D eigenvalue weighted by atomic mass is 32.2. The minimum absolute atomic E-state index is 0. The number of aliphatic hydroxyl groups is 1. The number of thioether (sulfide) groups is 1. The van der Waals surface area contributed by atoms with Gasteiger partial charge in [-0.3, -0.25) is 23.7 Å². The van der Waals surface area contributed by atoms with Crippen molar-refractivity contribution in [2.45, 2.75) is 42.5 Å². The number of nitrogens with zero attached hydrogens (tertiary/aromatic N) is 3. The number of ketones is 1. The zero-order chi connectivity index (χ0) is 39.3. The zero-order valence-electron chi connectivity index (χ0n) is 31.6. The van der Waals surface area contributed by atoms with Crippen molar-refractivity contribution in [2.24, 2.45) is 5.73 Å². The number of aliphatic hydroxyl groups excluding tert-OH is 1. The number of aromatic amines is 1. The fourth-order valence-electron chi connectivity index (χ4n) is 5.17. The van der Waals surface area contributed by atoms with Gasteiger partial charge in [0, 0.05) is 19.6 Å². The van der Waals surface area contributed by atoms with E-state index < -0.39 is 37.9 Å². The average Bonchev–Trinajstić information content (AvgIpc) is 3.67. The van der Waals surface area contributed by atoms with Gasteiger partial charge in [-0.2, -0.15) is 4.98 Å². The molecule has 2 aliphatic rings. The van der Waals surface area contributed by atoms with Crippen molar-refractivity contribution >= 4 is 42.5 Å². The van der Waals surface area contributed by atoms with Gasteiger partial charge in [0.15, 0.2) is 22.5 Å². The number of nitrogens with two attached hydrogens (primary N) is 2. The second kappa shape index (κ2) is 25.3. The Kier molecular flexibility index (Phi) is 20.9. The smallest absolute Gasteiger partial charge is 0.756 e. The Morgan fingerprint density at radius 1 is 0.891 bits per heavy atom. The number of H-pyrrole nitrogens is 1. The Hall–Kier alpha value is -2.16. The number of anilines is 1. The topological polar surface area (TPSA) is 295 Å². The van der Waals surface area contributed by atoms with Gasteiger partial charge in [-0.05, 0) is 6.42 Å². The fourth-order valence-corrected chi connectivity index (χ4v) is 7.04. The molecule has 2 aromatic rings. The van der Waals surface area contributed by atoms with Crippen molar-refractivity contribution in [3.05, 3.63) is 10.4 Å². The van der Waals surface area contributed by atoms with E-state index in [2.05, 4.69) is 15.0 Å². The molecule has 4 rings (SSSR count). The number of fused-ring (bicyclic) bond motifs is 2. The van der Waals surface area contributed by atoms with E-state index in [4.69, 9.17) is 63.1 Å². The quantitative estimate of drug-likeness (QED) is 0.0382. The van der Waals surface area contributed by atoms with E-state index in [1.54, 1.807) is 0 Å². The molecule has 2 saturated heterocycles. The lowest BCUT2D eigenvalue weighted by atomic mass is 10.1. The Labute approximate surface area is 323 Å². The molecule has 24 heteroatoms. The van der Waals surface area contributed by atoms with Crippen LogP contribution in [0.25, 0.3) is 11.2 Å². The lowest BCUT2D eigenvalue weighted by Crippen LogP contribution is -2.41. The minimum atomic E-state index is -4.63. The molecule has 0 aromatic carbocycles. The third-order valence-electron chi connectivity index (χ3n) is 7.72. The summed E-state index contributed by atoms with van der Waals surface area (Å²) in [6, 6.07) is 0. The number of imidazole rings is 1. The van der Waals surface area contributed by atoms with Gasteiger partial charge in [-0.15, -0.1) is 0 Å². The van der Waals surface area contributed by atoms with Crippen molar-refractivity contribution in [1.29, 1.82) is 0 Å². The Morgan fingerprint density at radius 2 is 1.40 bits per heavy atom. The highest BCUT2D eigenvalue weighted by molar-refractivity contribution is 7.99. The van der Waals surface area contributed by atoms with Gasteiger partial charge in [0.1, 0.15) is 24.1 Å². The molecule has 0 aliphatic carbocycles. The molecule has 22 nitrogen and oxygen atoms in total. The molecule has 0 radical (unpaired) electrons. The summed E-state index contributed by atoms with van der Waals surface area (Å²) in [5.74, 6) is -0.353. The van der Waals surface area contributed by atoms with Crippen LogP contribution in [0.5, 0.6) is 0 Å². The summed E-state index contributed by atoms with van der Waals surface area (Å²) in [4.78, 5) is 47.9. The van der Waals surface area contributed by atoms with Gasteiger partial charge < -0.3 is 73.1 Å². The molecule has 55 heavy (non-hydrogen) atoms. The summed E-state index contributed by atoms with van der Waals surface area (Å²) < 4.78 is 72.0. The second-order valence-electron chi connectivity index (χ2n) is 11.9. The average molecular weight is 829 g/mol. The van der Waals surface area contributed by atoms with Crippen LogP contribution in [-0.2, 0) is 61.0 Å². The van der Waals surface area contributed by atoms with Gasteiger partial charge >= 0.3 is 1.43 Å². The normalized spacial score (nSPS) is 22.5. The molecule has 0 bridgehead atoms. The van der Waals surface area contributed by atoms with Crippen molar-refractivity contribution in [3.63, 3.8) is 0 Å². The molecule has 5 atom stereocenters. The predicted molar refractivity (Wildman–Crippen MR) is 193 cm³/mol. The van der Waals surface area contributed by atoms with E-state index in [-0.39, 0.29) is 48.3 Å². The van der Waals surface area contributed by atoms with E-state index >= 15 is 0 Å². The van der Waals surface area contributed by atoms with Gasteiger partial charge in [-0.25, -0.2) is 4.98 Å². The molecular formula is C31H53N6O16PS. The third kappa shape index (κ3) is 16.0. The van der Waals surface area contributed by atoms with Gasteiger partial charge in [0.2, 0.25) is 5.95 Å². The Bertz CT molecular complexity index is 1530. The van der Waals surface area contributed by atoms with Crippen LogP contribution in [-0.4, -0.2) is 173 Å². The summed E-state index contributed by atoms with van der Waals surface area (Å²) >= 11 is 1.00. The van der Waals surface area contributed by atoms with Gasteiger partial charge in [0.05, 0.1) is 111 Å². The first-order chi connectivity index (χ1) is 26.7. The molecule has 0 spiro atoms. The molecule has 6 N–H and O–H groups in total.